The lowest BCUT2D eigenvalue weighted by atomic mass is 9.35. The van der Waals surface area contributed by atoms with E-state index in [1.54, 1.807) is 6.33 Å². The standard InChI is InChI=1S/C44H65N5O5/c1-27(2)28(3)39(5)18-19-41(7)30-10-11-33-40(6)23-52-25-44(33,31(30)12-15-42(41,8)36(39)54-37(50)51)22-32(34(40)53-24-43(9,45)38(4)16-17-38)49-35(47-26-48-49)29-13-20-46-21-14-29/h12-14,20-21,26-28,30,32-34,36H,10-11,15-19,22-25,45H2,1-9H3,(H,50,51)/t28-,30+,32-,33+,34+,36-,39-,40-,41-,42-,43+,44+/m1/s1. The van der Waals surface area contributed by atoms with E-state index in [9.17, 15) is 9.90 Å². The van der Waals surface area contributed by atoms with E-state index in [2.05, 4.69) is 78.1 Å². The molecule has 8 rings (SSSR count). The fraction of sp³-hybridized carbons (Fsp3) is 0.773. The zero-order valence-electron chi connectivity index (χ0n) is 34.2. The van der Waals surface area contributed by atoms with Crippen molar-refractivity contribution in [3.05, 3.63) is 42.5 Å². The van der Waals surface area contributed by atoms with Crippen LogP contribution in [0.5, 0.6) is 0 Å². The Labute approximate surface area is 322 Å². The number of pyridine rings is 1. The van der Waals surface area contributed by atoms with E-state index in [0.717, 1.165) is 62.8 Å². The Kier molecular flexibility index (Phi) is 8.88. The molecule has 6 aliphatic rings. The molecule has 2 bridgehead atoms. The lowest BCUT2D eigenvalue weighted by molar-refractivity contribution is -0.256. The number of hydrogen-bond acceptors (Lipinski definition) is 8. The first-order valence-corrected chi connectivity index (χ1v) is 20.8. The highest BCUT2D eigenvalue weighted by Crippen LogP contribution is 2.74. The zero-order valence-corrected chi connectivity index (χ0v) is 34.2. The van der Waals surface area contributed by atoms with Crippen molar-refractivity contribution in [3.63, 3.8) is 0 Å². The fourth-order valence-electron chi connectivity index (χ4n) is 13.3. The number of hydrogen-bond donors (Lipinski definition) is 2. The molecule has 10 nitrogen and oxygen atoms in total. The van der Waals surface area contributed by atoms with Gasteiger partial charge in [-0.05, 0) is 105 Å². The summed E-state index contributed by atoms with van der Waals surface area (Å²) in [5.74, 6) is 2.18. The highest BCUT2D eigenvalue weighted by molar-refractivity contribution is 5.57. The van der Waals surface area contributed by atoms with E-state index < -0.39 is 17.8 Å². The number of nitrogens with two attached hydrogens (primary N) is 1. The summed E-state index contributed by atoms with van der Waals surface area (Å²) in [7, 11) is 0. The third kappa shape index (κ3) is 5.27. The highest BCUT2D eigenvalue weighted by Gasteiger charge is 2.72. The van der Waals surface area contributed by atoms with Crippen LogP contribution in [0.25, 0.3) is 11.4 Å². The van der Waals surface area contributed by atoms with E-state index in [-0.39, 0.29) is 50.6 Å². The third-order valence-corrected chi connectivity index (χ3v) is 17.7. The average Bonchev–Trinajstić information content (AvgIpc) is 3.71. The number of fused-ring (bicyclic) bond motifs is 3. The van der Waals surface area contributed by atoms with Crippen molar-refractivity contribution in [2.75, 3.05) is 19.8 Å². The normalized spacial score (nSPS) is 42.4. The van der Waals surface area contributed by atoms with Crippen molar-refractivity contribution in [3.8, 4) is 11.4 Å². The van der Waals surface area contributed by atoms with E-state index in [4.69, 9.17) is 30.0 Å². The minimum Gasteiger partial charge on any atom is -0.450 e. The van der Waals surface area contributed by atoms with Crippen LogP contribution in [0.3, 0.4) is 0 Å². The summed E-state index contributed by atoms with van der Waals surface area (Å²) >= 11 is 0. The monoisotopic (exact) mass is 743 g/mol. The van der Waals surface area contributed by atoms with Gasteiger partial charge in [0.2, 0.25) is 0 Å². The van der Waals surface area contributed by atoms with Crippen LogP contribution < -0.4 is 5.73 Å². The van der Waals surface area contributed by atoms with Crippen LogP contribution in [0.4, 0.5) is 4.79 Å². The summed E-state index contributed by atoms with van der Waals surface area (Å²) in [6, 6.07) is 3.91. The first kappa shape index (κ1) is 38.1. The molecule has 0 radical (unpaired) electrons. The minimum atomic E-state index is -1.16. The maximum Gasteiger partial charge on any atom is 0.506 e. The molecule has 10 heteroatoms. The molecule has 5 fully saturated rings. The third-order valence-electron chi connectivity index (χ3n) is 17.7. The predicted octanol–water partition coefficient (Wildman–Crippen LogP) is 8.73. The number of nitrogens with zero attached hydrogens (tertiary/aromatic N) is 4. The number of rotatable bonds is 9. The average molecular weight is 744 g/mol. The molecule has 2 aromatic rings. The second kappa shape index (κ2) is 12.6. The van der Waals surface area contributed by atoms with E-state index >= 15 is 0 Å². The smallest absolute Gasteiger partial charge is 0.450 e. The van der Waals surface area contributed by atoms with Crippen LogP contribution in [-0.2, 0) is 14.2 Å². The summed E-state index contributed by atoms with van der Waals surface area (Å²) in [6.07, 6.45) is 14.0. The maximum atomic E-state index is 12.5. The Morgan fingerprint density at radius 3 is 2.44 bits per heavy atom. The van der Waals surface area contributed by atoms with Crippen molar-refractivity contribution in [2.45, 2.75) is 137 Å². The Bertz CT molecular complexity index is 1790. The molecule has 296 valence electrons. The second-order valence-electron chi connectivity index (χ2n) is 20.6. The van der Waals surface area contributed by atoms with Crippen molar-refractivity contribution >= 4 is 6.16 Å². The summed E-state index contributed by atoms with van der Waals surface area (Å²) in [4.78, 5) is 21.6. The number of carbonyl (C=O) groups is 1. The van der Waals surface area contributed by atoms with Crippen LogP contribution in [0.15, 0.2) is 42.5 Å². The molecule has 2 aromatic heterocycles. The number of aromatic nitrogens is 4. The van der Waals surface area contributed by atoms with Gasteiger partial charge in [0.25, 0.3) is 0 Å². The van der Waals surface area contributed by atoms with Gasteiger partial charge in [-0.1, -0.05) is 67.0 Å². The second-order valence-corrected chi connectivity index (χ2v) is 20.6. The molecule has 1 saturated heterocycles. The summed E-state index contributed by atoms with van der Waals surface area (Å²) < 4.78 is 22.3. The van der Waals surface area contributed by atoms with Crippen molar-refractivity contribution in [2.24, 2.45) is 61.9 Å². The molecule has 54 heavy (non-hydrogen) atoms. The van der Waals surface area contributed by atoms with Crippen LogP contribution in [0.2, 0.25) is 0 Å². The summed E-state index contributed by atoms with van der Waals surface area (Å²) in [5, 5.41) is 15.2. The number of carboxylic acid groups (broad SMARTS) is 1. The van der Waals surface area contributed by atoms with E-state index in [0.29, 0.717) is 37.6 Å². The van der Waals surface area contributed by atoms with Gasteiger partial charge in [-0.3, -0.25) is 4.98 Å². The predicted molar refractivity (Wildman–Crippen MR) is 207 cm³/mol. The van der Waals surface area contributed by atoms with Crippen molar-refractivity contribution in [1.29, 1.82) is 0 Å². The largest absolute Gasteiger partial charge is 0.506 e. The fourth-order valence-corrected chi connectivity index (χ4v) is 13.3. The summed E-state index contributed by atoms with van der Waals surface area (Å²) in [5.41, 5.74) is 7.90. The first-order chi connectivity index (χ1) is 25.4. The Morgan fingerprint density at radius 2 is 1.78 bits per heavy atom. The molecule has 3 N–H and O–H groups in total. The van der Waals surface area contributed by atoms with Crippen LogP contribution in [-0.4, -0.2) is 68.6 Å². The lowest BCUT2D eigenvalue weighted by Gasteiger charge is -2.71. The maximum absolute atomic E-state index is 12.5. The molecule has 0 amide bonds. The van der Waals surface area contributed by atoms with Gasteiger partial charge in [0.1, 0.15) is 12.4 Å². The highest BCUT2D eigenvalue weighted by atomic mass is 16.7. The van der Waals surface area contributed by atoms with Crippen molar-refractivity contribution in [1.82, 2.24) is 19.7 Å². The molecule has 12 atom stereocenters. The molecule has 4 saturated carbocycles. The van der Waals surface area contributed by atoms with E-state index in [1.165, 1.54) is 5.57 Å². The molecule has 3 heterocycles. The van der Waals surface area contributed by atoms with E-state index in [1.807, 2.05) is 24.5 Å². The Hall–Kier alpha value is -2.82. The number of allylic oxidation sites excluding steroid dienone is 1. The lowest BCUT2D eigenvalue weighted by Crippen LogP contribution is -2.70. The molecule has 0 spiro atoms. The quantitative estimate of drug-likeness (QED) is 0.191. The molecule has 0 aromatic carbocycles. The first-order valence-electron chi connectivity index (χ1n) is 20.8. The van der Waals surface area contributed by atoms with Crippen LogP contribution in [0, 0.1) is 56.2 Å². The van der Waals surface area contributed by atoms with Gasteiger partial charge in [0, 0.05) is 45.2 Å². The molecule has 0 unspecified atom stereocenters. The topological polar surface area (TPSA) is 135 Å². The van der Waals surface area contributed by atoms with Gasteiger partial charge in [-0.25, -0.2) is 14.5 Å². The van der Waals surface area contributed by atoms with Crippen LogP contribution >= 0.6 is 0 Å². The Morgan fingerprint density at radius 1 is 1.06 bits per heavy atom. The van der Waals surface area contributed by atoms with Gasteiger partial charge >= 0.3 is 6.16 Å². The molecule has 5 aliphatic carbocycles. The van der Waals surface area contributed by atoms with Crippen LogP contribution in [0.1, 0.15) is 120 Å². The number of ether oxygens (including phenoxy) is 3. The molecular formula is C44H65N5O5. The molecular weight excluding hydrogens is 679 g/mol. The van der Waals surface area contributed by atoms with Crippen molar-refractivity contribution < 1.29 is 24.1 Å². The molecule has 1 aliphatic heterocycles. The van der Waals surface area contributed by atoms with Gasteiger partial charge in [-0.15, -0.1) is 0 Å². The van der Waals surface area contributed by atoms with Gasteiger partial charge in [0.15, 0.2) is 5.82 Å². The summed E-state index contributed by atoms with van der Waals surface area (Å²) in [6.45, 7) is 22.5. The zero-order chi connectivity index (χ0) is 38.7. The minimum absolute atomic E-state index is 0.0820. The van der Waals surface area contributed by atoms with Gasteiger partial charge in [0.05, 0.1) is 32.0 Å². The van der Waals surface area contributed by atoms with Gasteiger partial charge < -0.3 is 25.1 Å². The Balaban J connectivity index is 1.23. The SMILES string of the molecule is CC(C)[C@@H](C)[C@@]1(C)CC[C@]2(C)[C@H]3CC[C@@H]4[C@@]5(COC[C@@]4(C)[C@@H](OC[C@](C)(N)C4(C)CC4)[C@H](n4ncnc4-c4ccncc4)C5)C3=CC[C@]2(C)[C@@H]1OC(=O)O. The van der Waals surface area contributed by atoms with Gasteiger partial charge in [-0.2, -0.15) is 5.10 Å².